The topological polar surface area (TPSA) is 76.4 Å². The van der Waals surface area contributed by atoms with Crippen molar-refractivity contribution in [1.82, 2.24) is 14.6 Å². The molecule has 3 aromatic rings. The van der Waals surface area contributed by atoms with Crippen molar-refractivity contribution in [1.29, 1.82) is 0 Å². The van der Waals surface area contributed by atoms with Crippen LogP contribution >= 0.6 is 15.9 Å². The number of rotatable bonds is 3. The number of pyridine rings is 1. The van der Waals surface area contributed by atoms with Crippen LogP contribution in [0.25, 0.3) is 5.65 Å². The molecule has 1 aromatic carbocycles. The maximum absolute atomic E-state index is 12.4. The first-order chi connectivity index (χ1) is 9.95. The van der Waals surface area contributed by atoms with Gasteiger partial charge in [0.1, 0.15) is 6.33 Å². The average Bonchev–Trinajstić information content (AvgIpc) is 2.87. The maximum atomic E-state index is 12.4. The van der Waals surface area contributed by atoms with E-state index in [-0.39, 0.29) is 4.90 Å². The number of nitrogens with one attached hydrogen (secondary N) is 1. The molecule has 0 amide bonds. The Hall–Kier alpha value is -1.93. The van der Waals surface area contributed by atoms with Crippen LogP contribution in [0.3, 0.4) is 0 Å². The van der Waals surface area contributed by atoms with Gasteiger partial charge >= 0.3 is 0 Å². The van der Waals surface area contributed by atoms with Gasteiger partial charge in [0.05, 0.1) is 10.6 Å². The van der Waals surface area contributed by atoms with Gasteiger partial charge in [0.25, 0.3) is 10.0 Å². The zero-order chi connectivity index (χ0) is 15.0. The van der Waals surface area contributed by atoms with Crippen molar-refractivity contribution >= 4 is 37.3 Å². The summed E-state index contributed by atoms with van der Waals surface area (Å²) >= 11 is 3.33. The first-order valence-electron chi connectivity index (χ1n) is 6.04. The van der Waals surface area contributed by atoms with E-state index in [1.165, 1.54) is 6.33 Å². The Balaban J connectivity index is 2.05. The molecular formula is C13H11BrN4O2S. The molecule has 0 radical (unpaired) electrons. The number of benzene rings is 1. The summed E-state index contributed by atoms with van der Waals surface area (Å²) in [6.45, 7) is 1.90. The fourth-order valence-electron chi connectivity index (χ4n) is 1.90. The van der Waals surface area contributed by atoms with Gasteiger partial charge in [0, 0.05) is 10.7 Å². The molecule has 0 spiro atoms. The molecule has 0 unspecified atom stereocenters. The van der Waals surface area contributed by atoms with E-state index < -0.39 is 10.0 Å². The molecule has 3 rings (SSSR count). The van der Waals surface area contributed by atoms with Gasteiger partial charge in [-0.3, -0.25) is 9.12 Å². The van der Waals surface area contributed by atoms with Gasteiger partial charge in [-0.05, 0) is 41.1 Å². The Morgan fingerprint density at radius 3 is 2.67 bits per heavy atom. The van der Waals surface area contributed by atoms with E-state index in [2.05, 4.69) is 30.8 Å². The Morgan fingerprint density at radius 2 is 1.95 bits per heavy atom. The van der Waals surface area contributed by atoms with Crippen LogP contribution in [0.2, 0.25) is 0 Å². The Bertz CT molecular complexity index is 904. The highest BCUT2D eigenvalue weighted by Crippen LogP contribution is 2.23. The van der Waals surface area contributed by atoms with E-state index >= 15 is 0 Å². The predicted molar refractivity (Wildman–Crippen MR) is 82.7 cm³/mol. The molecule has 2 aromatic heterocycles. The quantitative estimate of drug-likeness (QED) is 0.772. The van der Waals surface area contributed by atoms with Gasteiger partial charge < -0.3 is 0 Å². The van der Waals surface area contributed by atoms with Crippen LogP contribution < -0.4 is 4.72 Å². The standard InChI is InChI=1S/C13H11BrN4O2S/c1-9-2-4-11(5-3-9)21(19,20)17-12-6-10(14)7-18-8-15-16-13(12)18/h2-8,17H,1H3. The Kier molecular flexibility index (Phi) is 3.42. The molecule has 1 N–H and O–H groups in total. The molecule has 2 heterocycles. The third-order valence-electron chi connectivity index (χ3n) is 2.93. The van der Waals surface area contributed by atoms with E-state index in [1.807, 2.05) is 6.92 Å². The highest BCUT2D eigenvalue weighted by Gasteiger charge is 2.16. The summed E-state index contributed by atoms with van der Waals surface area (Å²) in [5, 5.41) is 7.69. The lowest BCUT2D eigenvalue weighted by Gasteiger charge is -2.09. The molecule has 0 aliphatic carbocycles. The summed E-state index contributed by atoms with van der Waals surface area (Å²) in [4.78, 5) is 0.200. The van der Waals surface area contributed by atoms with Crippen molar-refractivity contribution in [2.24, 2.45) is 0 Å². The molecular weight excluding hydrogens is 356 g/mol. The third kappa shape index (κ3) is 2.77. The summed E-state index contributed by atoms with van der Waals surface area (Å²) in [5.41, 5.74) is 1.80. The van der Waals surface area contributed by atoms with Gasteiger partial charge in [0.2, 0.25) is 0 Å². The number of halogens is 1. The van der Waals surface area contributed by atoms with E-state index in [0.29, 0.717) is 11.3 Å². The molecule has 0 bridgehead atoms. The zero-order valence-electron chi connectivity index (χ0n) is 11.0. The largest absolute Gasteiger partial charge is 0.286 e. The highest BCUT2D eigenvalue weighted by molar-refractivity contribution is 9.10. The summed E-state index contributed by atoms with van der Waals surface area (Å²) in [7, 11) is -3.67. The van der Waals surface area contributed by atoms with Gasteiger partial charge in [-0.25, -0.2) is 8.42 Å². The average molecular weight is 367 g/mol. The Labute approximate surface area is 130 Å². The second-order valence-corrected chi connectivity index (χ2v) is 7.15. The summed E-state index contributed by atoms with van der Waals surface area (Å²) in [5.74, 6) is 0. The van der Waals surface area contributed by atoms with Crippen LogP contribution in [0.5, 0.6) is 0 Å². The number of anilines is 1. The molecule has 0 saturated heterocycles. The SMILES string of the molecule is Cc1ccc(S(=O)(=O)Nc2cc(Br)cn3cnnc23)cc1. The molecule has 6 nitrogen and oxygen atoms in total. The van der Waals surface area contributed by atoms with Crippen LogP contribution in [0.1, 0.15) is 5.56 Å². The smallest absolute Gasteiger partial charge is 0.262 e. The van der Waals surface area contributed by atoms with Crippen LogP contribution in [0.15, 0.2) is 52.2 Å². The minimum absolute atomic E-state index is 0.200. The summed E-state index contributed by atoms with van der Waals surface area (Å²) in [6.07, 6.45) is 3.25. The Morgan fingerprint density at radius 1 is 1.24 bits per heavy atom. The fraction of sp³-hybridized carbons (Fsp3) is 0.0769. The number of hydrogen-bond donors (Lipinski definition) is 1. The van der Waals surface area contributed by atoms with Crippen LogP contribution in [-0.4, -0.2) is 23.0 Å². The lowest BCUT2D eigenvalue weighted by molar-refractivity contribution is 0.601. The second-order valence-electron chi connectivity index (χ2n) is 4.55. The van der Waals surface area contributed by atoms with Gasteiger partial charge in [0.15, 0.2) is 5.65 Å². The van der Waals surface area contributed by atoms with Gasteiger partial charge in [-0.15, -0.1) is 10.2 Å². The third-order valence-corrected chi connectivity index (χ3v) is 4.75. The predicted octanol–water partition coefficient (Wildman–Crippen LogP) is 2.60. The van der Waals surface area contributed by atoms with Crippen LogP contribution in [-0.2, 0) is 10.0 Å². The lowest BCUT2D eigenvalue weighted by atomic mass is 10.2. The number of aromatic nitrogens is 3. The van der Waals surface area contributed by atoms with Crippen molar-refractivity contribution in [3.63, 3.8) is 0 Å². The van der Waals surface area contributed by atoms with Gasteiger partial charge in [-0.2, -0.15) is 0 Å². The molecule has 0 aliphatic rings. The minimum atomic E-state index is -3.67. The van der Waals surface area contributed by atoms with E-state index in [0.717, 1.165) is 10.0 Å². The zero-order valence-corrected chi connectivity index (χ0v) is 13.4. The molecule has 8 heteroatoms. The minimum Gasteiger partial charge on any atom is -0.286 e. The number of sulfonamides is 1. The number of fused-ring (bicyclic) bond motifs is 1. The molecule has 0 saturated carbocycles. The lowest BCUT2D eigenvalue weighted by Crippen LogP contribution is -2.13. The van der Waals surface area contributed by atoms with Crippen molar-refractivity contribution in [2.75, 3.05) is 4.72 Å². The van der Waals surface area contributed by atoms with Crippen molar-refractivity contribution in [2.45, 2.75) is 11.8 Å². The molecule has 21 heavy (non-hydrogen) atoms. The number of aryl methyl sites for hydroxylation is 1. The van der Waals surface area contributed by atoms with Crippen molar-refractivity contribution in [3.05, 3.63) is 52.9 Å². The first-order valence-corrected chi connectivity index (χ1v) is 8.32. The number of hydrogen-bond acceptors (Lipinski definition) is 4. The molecule has 0 aliphatic heterocycles. The van der Waals surface area contributed by atoms with Crippen molar-refractivity contribution in [3.8, 4) is 0 Å². The molecule has 0 atom stereocenters. The van der Waals surface area contributed by atoms with Gasteiger partial charge in [-0.1, -0.05) is 17.7 Å². The first kappa shape index (κ1) is 14.0. The van der Waals surface area contributed by atoms with Crippen LogP contribution in [0.4, 0.5) is 5.69 Å². The molecule has 108 valence electrons. The van der Waals surface area contributed by atoms with E-state index in [1.54, 1.807) is 40.9 Å². The monoisotopic (exact) mass is 366 g/mol. The van der Waals surface area contributed by atoms with E-state index in [4.69, 9.17) is 0 Å². The summed E-state index contributed by atoms with van der Waals surface area (Å²) < 4.78 is 29.7. The van der Waals surface area contributed by atoms with Crippen LogP contribution in [0, 0.1) is 6.92 Å². The highest BCUT2D eigenvalue weighted by atomic mass is 79.9. The molecule has 0 fully saturated rings. The summed E-state index contributed by atoms with van der Waals surface area (Å²) in [6, 6.07) is 8.29. The fourth-order valence-corrected chi connectivity index (χ4v) is 3.40. The second kappa shape index (κ2) is 5.12. The van der Waals surface area contributed by atoms with E-state index in [9.17, 15) is 8.42 Å². The maximum Gasteiger partial charge on any atom is 0.262 e. The van der Waals surface area contributed by atoms with Crippen molar-refractivity contribution < 1.29 is 8.42 Å². The number of nitrogens with zero attached hydrogens (tertiary/aromatic N) is 3. The normalized spacial score (nSPS) is 11.7.